The molecule has 0 rings (SSSR count). The zero-order valence-corrected chi connectivity index (χ0v) is 21.3. The van der Waals surface area contributed by atoms with E-state index in [2.05, 4.69) is 39.2 Å². The minimum absolute atomic E-state index is 0.239. The zero-order valence-electron chi connectivity index (χ0n) is 21.3. The molecule has 0 aromatic carbocycles. The summed E-state index contributed by atoms with van der Waals surface area (Å²) < 4.78 is 6.16. The average molecular weight is 420 g/mol. The molecule has 0 amide bonds. The van der Waals surface area contributed by atoms with Crippen LogP contribution in [0.15, 0.2) is 48.8 Å². The van der Waals surface area contributed by atoms with E-state index in [1.807, 2.05) is 39.1 Å². The summed E-state index contributed by atoms with van der Waals surface area (Å²) in [5.74, 6) is 0.898. The fourth-order valence-corrected chi connectivity index (χ4v) is 3.19. The third kappa shape index (κ3) is 21.4. The Kier molecular flexibility index (Phi) is 24.7. The maximum absolute atomic E-state index is 6.16. The van der Waals surface area contributed by atoms with Gasteiger partial charge in [-0.3, -0.25) is 0 Å². The van der Waals surface area contributed by atoms with Crippen molar-refractivity contribution in [3.05, 3.63) is 48.8 Å². The van der Waals surface area contributed by atoms with Crippen LogP contribution in [0.25, 0.3) is 0 Å². The summed E-state index contributed by atoms with van der Waals surface area (Å²) in [5.41, 5.74) is 1.24. The molecule has 0 aromatic heterocycles. The highest BCUT2D eigenvalue weighted by atomic mass is 16.5. The Hall–Kier alpha value is -1.28. The van der Waals surface area contributed by atoms with E-state index in [1.54, 1.807) is 6.08 Å². The van der Waals surface area contributed by atoms with E-state index < -0.39 is 0 Å². The molecular weight excluding hydrogens is 366 g/mol. The van der Waals surface area contributed by atoms with E-state index in [0.29, 0.717) is 6.10 Å². The summed E-state index contributed by atoms with van der Waals surface area (Å²) in [6, 6.07) is 0.239. The summed E-state index contributed by atoms with van der Waals surface area (Å²) in [6.07, 6.45) is 23.9. The standard InChI is InChI=1S/C20H41NO.C8H12/c1-6-8-10-12-14-16-20(17-15-13-11-9-7-2)22-19(4)18(3)21-5;1-4-6-8(3)7-5-2/h18,20-21H,4,6-17H2,1-3,5H3;4-7H,1H2,2-3H3/b;7-5-,8-6-. The first-order chi connectivity index (χ1) is 14.5. The van der Waals surface area contributed by atoms with E-state index >= 15 is 0 Å². The molecule has 0 aliphatic heterocycles. The van der Waals surface area contributed by atoms with E-state index in [1.165, 1.54) is 82.6 Å². The van der Waals surface area contributed by atoms with Crippen LogP contribution in [0.3, 0.4) is 0 Å². The summed E-state index contributed by atoms with van der Waals surface area (Å²) in [6.45, 7) is 18.4. The molecule has 0 heterocycles. The monoisotopic (exact) mass is 419 g/mol. The van der Waals surface area contributed by atoms with Crippen molar-refractivity contribution in [1.82, 2.24) is 5.32 Å². The Morgan fingerprint density at radius 3 is 1.83 bits per heavy atom. The van der Waals surface area contributed by atoms with E-state index in [0.717, 1.165) is 5.76 Å². The molecule has 1 N–H and O–H groups in total. The van der Waals surface area contributed by atoms with Crippen LogP contribution < -0.4 is 5.32 Å². The number of hydrogen-bond acceptors (Lipinski definition) is 2. The smallest absolute Gasteiger partial charge is 0.106 e. The molecular formula is C28H53NO. The Morgan fingerprint density at radius 1 is 0.933 bits per heavy atom. The number of ether oxygens (including phenoxy) is 1. The van der Waals surface area contributed by atoms with Crippen molar-refractivity contribution in [2.75, 3.05) is 7.05 Å². The van der Waals surface area contributed by atoms with Gasteiger partial charge in [0.1, 0.15) is 5.76 Å². The van der Waals surface area contributed by atoms with Crippen LogP contribution in [0.2, 0.25) is 0 Å². The van der Waals surface area contributed by atoms with Crippen molar-refractivity contribution in [3.8, 4) is 0 Å². The second-order valence-corrected chi connectivity index (χ2v) is 8.27. The largest absolute Gasteiger partial charge is 0.494 e. The summed E-state index contributed by atoms with van der Waals surface area (Å²) >= 11 is 0. The first-order valence-corrected chi connectivity index (χ1v) is 12.4. The first kappa shape index (κ1) is 30.9. The second kappa shape index (κ2) is 24.0. The van der Waals surface area contributed by atoms with E-state index in [4.69, 9.17) is 4.74 Å². The number of nitrogens with one attached hydrogen (secondary N) is 1. The zero-order chi connectivity index (χ0) is 23.0. The van der Waals surface area contributed by atoms with Crippen molar-refractivity contribution in [3.63, 3.8) is 0 Å². The van der Waals surface area contributed by atoms with Crippen molar-refractivity contribution in [2.45, 2.75) is 124 Å². The number of hydrogen-bond donors (Lipinski definition) is 1. The van der Waals surface area contributed by atoms with Crippen molar-refractivity contribution >= 4 is 0 Å². The Balaban J connectivity index is 0. The quantitative estimate of drug-likeness (QED) is 0.136. The maximum atomic E-state index is 6.16. The lowest BCUT2D eigenvalue weighted by Crippen LogP contribution is -2.27. The van der Waals surface area contributed by atoms with Crippen LogP contribution in [0.4, 0.5) is 0 Å². The lowest BCUT2D eigenvalue weighted by molar-refractivity contribution is 0.0840. The van der Waals surface area contributed by atoms with Crippen LogP contribution in [-0.2, 0) is 4.74 Å². The predicted molar refractivity (Wildman–Crippen MR) is 138 cm³/mol. The van der Waals surface area contributed by atoms with Gasteiger partial charge in [0.2, 0.25) is 0 Å². The van der Waals surface area contributed by atoms with Gasteiger partial charge in [-0.2, -0.15) is 0 Å². The lowest BCUT2D eigenvalue weighted by atomic mass is 10.0. The molecule has 2 nitrogen and oxygen atoms in total. The molecule has 2 heteroatoms. The molecule has 0 spiro atoms. The normalized spacial score (nSPS) is 12.6. The second-order valence-electron chi connectivity index (χ2n) is 8.27. The fourth-order valence-electron chi connectivity index (χ4n) is 3.19. The molecule has 0 aromatic rings. The van der Waals surface area contributed by atoms with Gasteiger partial charge in [-0.25, -0.2) is 0 Å². The molecule has 0 saturated carbocycles. The van der Waals surface area contributed by atoms with Crippen LogP contribution >= 0.6 is 0 Å². The van der Waals surface area contributed by atoms with Gasteiger partial charge in [0.25, 0.3) is 0 Å². The topological polar surface area (TPSA) is 21.3 Å². The number of unbranched alkanes of at least 4 members (excludes halogenated alkanes) is 8. The van der Waals surface area contributed by atoms with Gasteiger partial charge >= 0.3 is 0 Å². The molecule has 0 saturated heterocycles. The predicted octanol–water partition coefficient (Wildman–Crippen LogP) is 8.91. The molecule has 1 atom stereocenters. The molecule has 30 heavy (non-hydrogen) atoms. The van der Waals surface area contributed by atoms with Gasteiger partial charge in [-0.15, -0.1) is 0 Å². The Labute approximate surface area is 190 Å². The van der Waals surface area contributed by atoms with E-state index in [9.17, 15) is 0 Å². The third-order valence-electron chi connectivity index (χ3n) is 5.30. The Morgan fingerprint density at radius 2 is 1.43 bits per heavy atom. The maximum Gasteiger partial charge on any atom is 0.106 e. The number of likely N-dealkylation sites (N-methyl/N-ethyl adjacent to an activating group) is 1. The highest BCUT2D eigenvalue weighted by Gasteiger charge is 2.14. The first-order valence-electron chi connectivity index (χ1n) is 12.4. The van der Waals surface area contributed by atoms with Crippen LogP contribution in [0, 0.1) is 0 Å². The van der Waals surface area contributed by atoms with Crippen molar-refractivity contribution in [1.29, 1.82) is 0 Å². The van der Waals surface area contributed by atoms with Gasteiger partial charge in [0.15, 0.2) is 0 Å². The fraction of sp³-hybridized carbons (Fsp3) is 0.714. The Bertz CT molecular complexity index is 436. The minimum Gasteiger partial charge on any atom is -0.494 e. The summed E-state index contributed by atoms with van der Waals surface area (Å²) in [4.78, 5) is 0. The highest BCUT2D eigenvalue weighted by Crippen LogP contribution is 2.19. The van der Waals surface area contributed by atoms with Crippen LogP contribution in [0.5, 0.6) is 0 Å². The molecule has 1 unspecified atom stereocenters. The van der Waals surface area contributed by atoms with Gasteiger partial charge in [0, 0.05) is 0 Å². The minimum atomic E-state index is 0.239. The molecule has 0 fully saturated rings. The molecule has 0 bridgehead atoms. The molecule has 0 aliphatic carbocycles. The SMILES string of the molecule is C=C(OC(CCCCCCC)CCCCCCC)C(C)NC.C=C/C=C(C)\C=C/C. The average Bonchev–Trinajstić information content (AvgIpc) is 2.73. The van der Waals surface area contributed by atoms with Crippen molar-refractivity contribution in [2.24, 2.45) is 0 Å². The molecule has 0 radical (unpaired) electrons. The van der Waals surface area contributed by atoms with Gasteiger partial charge in [0.05, 0.1) is 12.1 Å². The third-order valence-corrected chi connectivity index (χ3v) is 5.30. The number of rotatable bonds is 18. The van der Waals surface area contributed by atoms with Gasteiger partial charge in [-0.05, 0) is 53.5 Å². The molecule has 0 aliphatic rings. The highest BCUT2D eigenvalue weighted by molar-refractivity contribution is 5.19. The molecule has 176 valence electrons. The van der Waals surface area contributed by atoms with Gasteiger partial charge in [-0.1, -0.05) is 108 Å². The summed E-state index contributed by atoms with van der Waals surface area (Å²) in [7, 11) is 1.96. The van der Waals surface area contributed by atoms with Crippen LogP contribution in [0.1, 0.15) is 112 Å². The van der Waals surface area contributed by atoms with Crippen LogP contribution in [-0.4, -0.2) is 19.2 Å². The van der Waals surface area contributed by atoms with E-state index in [-0.39, 0.29) is 6.04 Å². The van der Waals surface area contributed by atoms with Crippen molar-refractivity contribution < 1.29 is 4.74 Å². The van der Waals surface area contributed by atoms with Gasteiger partial charge < -0.3 is 10.1 Å². The summed E-state index contributed by atoms with van der Waals surface area (Å²) in [5, 5.41) is 3.21. The number of allylic oxidation sites excluding steroid dienone is 5. The lowest BCUT2D eigenvalue weighted by Gasteiger charge is -2.23.